The molecular formula is C12H20O10. The van der Waals surface area contributed by atoms with Gasteiger partial charge in [-0.05, 0) is 13.3 Å². The molecule has 1 aliphatic rings. The van der Waals surface area contributed by atoms with Crippen LogP contribution in [0.4, 0.5) is 0 Å². The quantitative estimate of drug-likeness (QED) is 0.272. The summed E-state index contributed by atoms with van der Waals surface area (Å²) in [6, 6.07) is 0. The standard InChI is InChI=1S/C12H20O10/c1-12(10(17)18,11(19)20)2-3-21-9-8(16)7(15)6(14)5(4-13)22-9/h5-9,13-16H,2-4H2,1H3,(H,17,18)(H,19,20). The minimum absolute atomic E-state index is 0.391. The van der Waals surface area contributed by atoms with Gasteiger partial charge in [-0.1, -0.05) is 0 Å². The average Bonchev–Trinajstić information content (AvgIpc) is 2.46. The molecule has 0 spiro atoms. The second kappa shape index (κ2) is 7.31. The number of hydrogen-bond donors (Lipinski definition) is 6. The number of hydrogen-bond acceptors (Lipinski definition) is 8. The van der Waals surface area contributed by atoms with Crippen molar-refractivity contribution in [3.05, 3.63) is 0 Å². The lowest BCUT2D eigenvalue weighted by Gasteiger charge is -2.39. The summed E-state index contributed by atoms with van der Waals surface area (Å²) in [7, 11) is 0. The predicted molar refractivity (Wildman–Crippen MR) is 67.7 cm³/mol. The van der Waals surface area contributed by atoms with Crippen LogP contribution in [0.2, 0.25) is 0 Å². The number of ether oxygens (including phenoxy) is 2. The first-order chi connectivity index (χ1) is 10.1. The minimum atomic E-state index is -2.08. The Labute approximate surface area is 125 Å². The Morgan fingerprint density at radius 3 is 2.09 bits per heavy atom. The second-order valence-electron chi connectivity index (χ2n) is 5.26. The number of carbonyl (C=O) groups is 2. The number of carboxylic acid groups (broad SMARTS) is 2. The van der Waals surface area contributed by atoms with Crippen LogP contribution in [0.15, 0.2) is 0 Å². The van der Waals surface area contributed by atoms with Crippen molar-refractivity contribution < 1.29 is 49.7 Å². The molecule has 0 amide bonds. The van der Waals surface area contributed by atoms with Crippen molar-refractivity contribution in [3.8, 4) is 0 Å². The average molecular weight is 324 g/mol. The van der Waals surface area contributed by atoms with Gasteiger partial charge in [-0.2, -0.15) is 0 Å². The van der Waals surface area contributed by atoms with Gasteiger partial charge in [0.2, 0.25) is 0 Å². The van der Waals surface area contributed by atoms with E-state index >= 15 is 0 Å². The van der Waals surface area contributed by atoms with Crippen LogP contribution in [-0.4, -0.2) is 86.5 Å². The summed E-state index contributed by atoms with van der Waals surface area (Å²) in [5.41, 5.74) is -2.08. The van der Waals surface area contributed by atoms with E-state index in [-0.39, 0.29) is 0 Å². The fourth-order valence-electron chi connectivity index (χ4n) is 1.89. The van der Waals surface area contributed by atoms with Gasteiger partial charge in [0.05, 0.1) is 13.2 Å². The van der Waals surface area contributed by atoms with Crippen LogP contribution in [0.5, 0.6) is 0 Å². The fourth-order valence-corrected chi connectivity index (χ4v) is 1.89. The molecule has 0 saturated carbocycles. The smallest absolute Gasteiger partial charge is 0.320 e. The third kappa shape index (κ3) is 3.72. The van der Waals surface area contributed by atoms with Crippen LogP contribution in [0.25, 0.3) is 0 Å². The van der Waals surface area contributed by atoms with Gasteiger partial charge >= 0.3 is 11.9 Å². The third-order valence-corrected chi connectivity index (χ3v) is 3.68. The van der Waals surface area contributed by atoms with Crippen LogP contribution >= 0.6 is 0 Å². The van der Waals surface area contributed by atoms with Crippen LogP contribution in [-0.2, 0) is 19.1 Å². The summed E-state index contributed by atoms with van der Waals surface area (Å²) >= 11 is 0. The Morgan fingerprint density at radius 2 is 1.64 bits per heavy atom. The molecule has 22 heavy (non-hydrogen) atoms. The summed E-state index contributed by atoms with van der Waals surface area (Å²) in [5.74, 6) is -3.09. The van der Waals surface area contributed by atoms with Crippen molar-refractivity contribution in [1.29, 1.82) is 0 Å². The van der Waals surface area contributed by atoms with Gasteiger partial charge in [0, 0.05) is 0 Å². The first-order valence-electron chi connectivity index (χ1n) is 6.54. The lowest BCUT2D eigenvalue weighted by atomic mass is 9.87. The van der Waals surface area contributed by atoms with E-state index in [0.29, 0.717) is 0 Å². The van der Waals surface area contributed by atoms with Crippen molar-refractivity contribution >= 4 is 11.9 Å². The van der Waals surface area contributed by atoms with E-state index < -0.39 is 67.7 Å². The molecule has 0 aromatic rings. The monoisotopic (exact) mass is 324 g/mol. The predicted octanol–water partition coefficient (Wildman–Crippen LogP) is -2.63. The summed E-state index contributed by atoms with van der Waals surface area (Å²) in [6.07, 6.45) is -7.79. The first-order valence-corrected chi connectivity index (χ1v) is 6.54. The molecule has 0 aromatic carbocycles. The molecule has 0 radical (unpaired) electrons. The molecule has 0 aliphatic carbocycles. The second-order valence-corrected chi connectivity index (χ2v) is 5.26. The van der Waals surface area contributed by atoms with E-state index in [0.717, 1.165) is 6.92 Å². The number of rotatable bonds is 7. The van der Waals surface area contributed by atoms with E-state index in [1.54, 1.807) is 0 Å². The molecule has 0 aromatic heterocycles. The normalized spacial score (nSPS) is 32.7. The van der Waals surface area contributed by atoms with E-state index in [9.17, 15) is 24.9 Å². The highest BCUT2D eigenvalue weighted by Gasteiger charge is 2.45. The molecule has 1 heterocycles. The molecule has 0 bridgehead atoms. The zero-order valence-corrected chi connectivity index (χ0v) is 11.8. The number of aliphatic hydroxyl groups excluding tert-OH is 4. The SMILES string of the molecule is CC(CCOC1OC(CO)C(O)C(O)C1O)(C(=O)O)C(=O)O. The highest BCUT2D eigenvalue weighted by molar-refractivity contribution is 5.97. The summed E-state index contributed by atoms with van der Waals surface area (Å²) in [6.45, 7) is -0.0150. The molecule has 1 fully saturated rings. The molecule has 10 heteroatoms. The maximum absolute atomic E-state index is 11.0. The summed E-state index contributed by atoms with van der Waals surface area (Å²) in [5, 5.41) is 55.7. The van der Waals surface area contributed by atoms with Crippen LogP contribution < -0.4 is 0 Å². The zero-order chi connectivity index (χ0) is 17.1. The van der Waals surface area contributed by atoms with Gasteiger partial charge in [-0.15, -0.1) is 0 Å². The summed E-state index contributed by atoms with van der Waals surface area (Å²) < 4.78 is 10.1. The van der Waals surface area contributed by atoms with Gasteiger partial charge < -0.3 is 40.1 Å². The van der Waals surface area contributed by atoms with Crippen molar-refractivity contribution in [3.63, 3.8) is 0 Å². The number of carboxylic acids is 2. The van der Waals surface area contributed by atoms with E-state index in [2.05, 4.69) is 0 Å². The van der Waals surface area contributed by atoms with Crippen LogP contribution in [0.3, 0.4) is 0 Å². The van der Waals surface area contributed by atoms with Gasteiger partial charge in [0.25, 0.3) is 0 Å². The maximum atomic E-state index is 11.0. The Balaban J connectivity index is 2.63. The molecule has 1 saturated heterocycles. The van der Waals surface area contributed by atoms with Crippen LogP contribution in [0, 0.1) is 5.41 Å². The topological polar surface area (TPSA) is 174 Å². The Morgan fingerprint density at radius 1 is 1.09 bits per heavy atom. The van der Waals surface area contributed by atoms with Crippen molar-refractivity contribution in [1.82, 2.24) is 0 Å². The number of aliphatic hydroxyl groups is 4. The largest absolute Gasteiger partial charge is 0.480 e. The lowest BCUT2D eigenvalue weighted by Crippen LogP contribution is -2.59. The third-order valence-electron chi connectivity index (χ3n) is 3.68. The number of aliphatic carboxylic acids is 2. The molecule has 10 nitrogen and oxygen atoms in total. The molecular weight excluding hydrogens is 304 g/mol. The minimum Gasteiger partial charge on any atom is -0.480 e. The fraction of sp³-hybridized carbons (Fsp3) is 0.833. The highest BCUT2D eigenvalue weighted by Crippen LogP contribution is 2.25. The van der Waals surface area contributed by atoms with Gasteiger partial charge in [0.1, 0.15) is 24.4 Å². The van der Waals surface area contributed by atoms with E-state index in [4.69, 9.17) is 24.8 Å². The van der Waals surface area contributed by atoms with Gasteiger partial charge in [-0.25, -0.2) is 0 Å². The van der Waals surface area contributed by atoms with E-state index in [1.807, 2.05) is 0 Å². The van der Waals surface area contributed by atoms with Crippen LogP contribution in [0.1, 0.15) is 13.3 Å². The van der Waals surface area contributed by atoms with Gasteiger partial charge in [-0.3, -0.25) is 9.59 Å². The molecule has 128 valence electrons. The molecule has 1 rings (SSSR count). The lowest BCUT2D eigenvalue weighted by molar-refractivity contribution is -0.301. The van der Waals surface area contributed by atoms with E-state index in [1.165, 1.54) is 0 Å². The van der Waals surface area contributed by atoms with Crippen molar-refractivity contribution in [2.24, 2.45) is 5.41 Å². The Kier molecular flexibility index (Phi) is 6.23. The van der Waals surface area contributed by atoms with Crippen molar-refractivity contribution in [2.75, 3.05) is 13.2 Å². The van der Waals surface area contributed by atoms with Crippen molar-refractivity contribution in [2.45, 2.75) is 44.1 Å². The summed E-state index contributed by atoms with van der Waals surface area (Å²) in [4.78, 5) is 22.0. The first kappa shape index (κ1) is 18.7. The highest BCUT2D eigenvalue weighted by atomic mass is 16.7. The Bertz CT molecular complexity index is 395. The molecule has 6 N–H and O–H groups in total. The Hall–Kier alpha value is -1.30. The molecule has 5 unspecified atom stereocenters. The molecule has 5 atom stereocenters. The maximum Gasteiger partial charge on any atom is 0.320 e. The zero-order valence-electron chi connectivity index (χ0n) is 11.8. The molecule has 1 aliphatic heterocycles. The van der Waals surface area contributed by atoms with Gasteiger partial charge in [0.15, 0.2) is 11.7 Å².